The third kappa shape index (κ3) is 55.0. The van der Waals surface area contributed by atoms with Gasteiger partial charge in [-0.3, -0.25) is 0 Å². The summed E-state index contributed by atoms with van der Waals surface area (Å²) in [5, 5.41) is 23.6. The Morgan fingerprint density at radius 1 is 0.232 bits per heavy atom. The first kappa shape index (κ1) is 57.0. The topological polar surface area (TPSA) is 52.1 Å². The molecule has 0 spiro atoms. The predicted octanol–water partition coefficient (Wildman–Crippen LogP) is 18.4. The van der Waals surface area contributed by atoms with Crippen LogP contribution in [0, 0.1) is 10.4 Å². The average Bonchev–Trinajstić information content (AvgIpc) is 3.20. The summed E-state index contributed by atoms with van der Waals surface area (Å²) in [5.41, 5.74) is 0. The molecule has 0 aromatic rings. The Hall–Kier alpha value is -1.06. The lowest BCUT2D eigenvalue weighted by Gasteiger charge is -2.05. The lowest BCUT2D eigenvalue weighted by atomic mass is 10.1. The van der Waals surface area contributed by atoms with Crippen LogP contribution in [0.3, 0.4) is 0 Å². The van der Waals surface area contributed by atoms with Crippen LogP contribution in [0.5, 0.6) is 0 Å². The first-order valence-electron chi connectivity index (χ1n) is 26.2. The molecule has 0 saturated heterocycles. The molecule has 0 amide bonds. The molecule has 0 atom stereocenters. The number of rotatable bonds is 46. The van der Waals surface area contributed by atoms with Crippen molar-refractivity contribution in [2.24, 2.45) is 0 Å². The van der Waals surface area contributed by atoms with Crippen LogP contribution in [-0.2, 0) is 0 Å². The van der Waals surface area contributed by atoms with Gasteiger partial charge in [0.05, 0.1) is 0 Å². The van der Waals surface area contributed by atoms with Crippen molar-refractivity contribution in [2.45, 2.75) is 310 Å². The van der Waals surface area contributed by atoms with Gasteiger partial charge in [-0.05, 0) is 25.7 Å². The van der Waals surface area contributed by atoms with Gasteiger partial charge in [0, 0.05) is 25.7 Å². The molecule has 0 aromatic carbocycles. The van der Waals surface area contributed by atoms with Crippen molar-refractivity contribution in [2.75, 3.05) is 13.1 Å². The lowest BCUT2D eigenvalue weighted by Crippen LogP contribution is -2.06. The molecule has 0 aliphatic rings. The Morgan fingerprint density at radius 2 is 0.393 bits per heavy atom. The van der Waals surface area contributed by atoms with Crippen LogP contribution in [0.1, 0.15) is 310 Å². The molecule has 0 rings (SSSR count). The highest BCUT2D eigenvalue weighted by atomic mass is 16.5. The summed E-state index contributed by atoms with van der Waals surface area (Å²) < 4.78 is 2.39. The van der Waals surface area contributed by atoms with Gasteiger partial charge in [0.25, 0.3) is 0 Å². The van der Waals surface area contributed by atoms with E-state index in [1.54, 1.807) is 0 Å². The fourth-order valence-electron chi connectivity index (χ4n) is 7.78. The molecule has 0 bridgehead atoms. The van der Waals surface area contributed by atoms with E-state index >= 15 is 0 Å². The molecule has 0 unspecified atom stereocenters. The maximum atomic E-state index is 11.9. The molecule has 0 N–H and O–H groups in total. The van der Waals surface area contributed by atoms with Crippen LogP contribution in [0.2, 0.25) is 0 Å². The Labute approximate surface area is 354 Å². The fraction of sp³-hybridized carbons (Fsp3) is 0.962. The second-order valence-corrected chi connectivity index (χ2v) is 17.7. The van der Waals surface area contributed by atoms with Gasteiger partial charge in [0.15, 0.2) is 25.5 Å². The van der Waals surface area contributed by atoms with Crippen molar-refractivity contribution in [1.29, 1.82) is 0 Å². The zero-order valence-corrected chi connectivity index (χ0v) is 39.4. The van der Waals surface area contributed by atoms with Gasteiger partial charge in [-0.25, -0.2) is 9.48 Å². The highest BCUT2D eigenvalue weighted by molar-refractivity contribution is 5.51. The zero-order valence-electron chi connectivity index (χ0n) is 39.4. The summed E-state index contributed by atoms with van der Waals surface area (Å²) in [4.78, 5) is 0. The summed E-state index contributed by atoms with van der Waals surface area (Å²) in [6.07, 6.45) is 62.5. The SMILES string of the molecule is CCCCCCCCCCCC=[N+]([O-])CCCCCCCCCCCC.CCCCCCCCCCCCCC=[N+]([O-])CCCCCCCCCCCCCC. The number of hydroxylamine groups is 2. The van der Waals surface area contributed by atoms with E-state index in [0.717, 1.165) is 25.7 Å². The molecule has 0 saturated carbocycles. The Balaban J connectivity index is 0. The Kier molecular flexibility index (Phi) is 54.9. The molecular formula is C52H106N2O2. The van der Waals surface area contributed by atoms with Gasteiger partial charge in [-0.2, -0.15) is 0 Å². The van der Waals surface area contributed by atoms with E-state index in [2.05, 4.69) is 27.7 Å². The summed E-state index contributed by atoms with van der Waals surface area (Å²) in [6.45, 7) is 10.5. The normalized spacial score (nSPS) is 12.0. The molecule has 0 radical (unpaired) electrons. The molecule has 0 aliphatic heterocycles. The van der Waals surface area contributed by atoms with Crippen molar-refractivity contribution in [3.05, 3.63) is 10.4 Å². The van der Waals surface area contributed by atoms with Crippen molar-refractivity contribution >= 4 is 12.4 Å². The van der Waals surface area contributed by atoms with Gasteiger partial charge in [0.2, 0.25) is 0 Å². The Morgan fingerprint density at radius 3 is 0.589 bits per heavy atom. The van der Waals surface area contributed by atoms with Crippen LogP contribution in [-0.4, -0.2) is 35.0 Å². The fourth-order valence-corrected chi connectivity index (χ4v) is 7.78. The van der Waals surface area contributed by atoms with Gasteiger partial charge in [0.1, 0.15) is 0 Å². The lowest BCUT2D eigenvalue weighted by molar-refractivity contribution is -0.454. The predicted molar refractivity (Wildman–Crippen MR) is 255 cm³/mol. The first-order valence-corrected chi connectivity index (χ1v) is 26.2. The highest BCUT2D eigenvalue weighted by Gasteiger charge is 2.00. The number of hydrogen-bond acceptors (Lipinski definition) is 2. The van der Waals surface area contributed by atoms with E-state index in [1.165, 1.54) is 266 Å². The maximum absolute atomic E-state index is 11.9. The third-order valence-electron chi connectivity index (χ3n) is 11.7. The number of hydrogen-bond donors (Lipinski definition) is 0. The minimum atomic E-state index is 0.702. The summed E-state index contributed by atoms with van der Waals surface area (Å²) >= 11 is 0. The van der Waals surface area contributed by atoms with Crippen LogP contribution in [0.4, 0.5) is 0 Å². The number of unbranched alkanes of at least 4 members (excludes halogenated alkanes) is 40. The van der Waals surface area contributed by atoms with E-state index in [4.69, 9.17) is 0 Å². The van der Waals surface area contributed by atoms with E-state index in [-0.39, 0.29) is 0 Å². The van der Waals surface area contributed by atoms with Crippen molar-refractivity contribution in [3.8, 4) is 0 Å². The first-order chi connectivity index (χ1) is 27.6. The summed E-state index contributed by atoms with van der Waals surface area (Å²) in [6, 6.07) is 0. The van der Waals surface area contributed by atoms with Crippen molar-refractivity contribution < 1.29 is 9.48 Å². The molecule has 0 heterocycles. The molecule has 4 heteroatoms. The molecule has 0 fully saturated rings. The third-order valence-corrected chi connectivity index (χ3v) is 11.7. The number of nitrogens with zero attached hydrogens (tertiary/aromatic N) is 2. The van der Waals surface area contributed by atoms with E-state index < -0.39 is 0 Å². The van der Waals surface area contributed by atoms with E-state index in [1.807, 2.05) is 12.4 Å². The monoisotopic (exact) mass is 791 g/mol. The van der Waals surface area contributed by atoms with Crippen LogP contribution < -0.4 is 0 Å². The molecule has 4 nitrogen and oxygen atoms in total. The molecule has 56 heavy (non-hydrogen) atoms. The summed E-state index contributed by atoms with van der Waals surface area (Å²) in [5.74, 6) is 0. The van der Waals surface area contributed by atoms with E-state index in [0.29, 0.717) is 13.1 Å². The molecule has 0 aromatic heterocycles. The largest absolute Gasteiger partial charge is 0.624 e. The Bertz CT molecular complexity index is 751. The average molecular weight is 791 g/mol. The van der Waals surface area contributed by atoms with Crippen molar-refractivity contribution in [3.63, 3.8) is 0 Å². The van der Waals surface area contributed by atoms with Gasteiger partial charge in [-0.1, -0.05) is 259 Å². The second kappa shape index (κ2) is 53.9. The second-order valence-electron chi connectivity index (χ2n) is 17.7. The molecular weight excluding hydrogens is 685 g/mol. The smallest absolute Gasteiger partial charge is 0.153 e. The quantitative estimate of drug-likeness (QED) is 0.0203. The van der Waals surface area contributed by atoms with Gasteiger partial charge in [-0.15, -0.1) is 0 Å². The maximum Gasteiger partial charge on any atom is 0.153 e. The van der Waals surface area contributed by atoms with Gasteiger partial charge < -0.3 is 10.4 Å². The minimum absolute atomic E-state index is 0.702. The standard InChI is InChI=1S/C28H57NO.C24H49NO/c1-3-5-7-9-11-13-15-17-19-21-23-25-27-29(30)28-26-24-22-20-18-16-14-12-10-8-6-4-2;1-3-5-7-9-11-13-15-17-19-21-23-25(26)24-22-20-18-16-14-12-10-8-6-4-2/h27H,3-26,28H2,1-2H3;23H,3-22,24H2,1-2H3. The van der Waals surface area contributed by atoms with E-state index in [9.17, 15) is 10.4 Å². The van der Waals surface area contributed by atoms with Crippen molar-refractivity contribution in [1.82, 2.24) is 0 Å². The minimum Gasteiger partial charge on any atom is -0.624 e. The van der Waals surface area contributed by atoms with Crippen LogP contribution >= 0.6 is 0 Å². The van der Waals surface area contributed by atoms with Gasteiger partial charge >= 0.3 is 0 Å². The van der Waals surface area contributed by atoms with Crippen LogP contribution in [0.15, 0.2) is 0 Å². The zero-order chi connectivity index (χ0) is 41.1. The van der Waals surface area contributed by atoms with Crippen LogP contribution in [0.25, 0.3) is 0 Å². The molecule has 0 aliphatic carbocycles. The summed E-state index contributed by atoms with van der Waals surface area (Å²) in [7, 11) is 0. The molecule has 336 valence electrons. The highest BCUT2D eigenvalue weighted by Crippen LogP contribution is 2.14.